The Bertz CT molecular complexity index is 1020. The van der Waals surface area contributed by atoms with E-state index in [-0.39, 0.29) is 29.1 Å². The summed E-state index contributed by atoms with van der Waals surface area (Å²) >= 11 is 0. The molecule has 0 aromatic heterocycles. The van der Waals surface area contributed by atoms with Crippen LogP contribution < -0.4 is 16.4 Å². The highest BCUT2D eigenvalue weighted by Gasteiger charge is 2.41. The molecule has 4 N–H and O–H groups in total. The van der Waals surface area contributed by atoms with E-state index < -0.39 is 12.1 Å². The van der Waals surface area contributed by atoms with Crippen molar-refractivity contribution in [3.8, 4) is 0 Å². The number of fused-ring (bicyclic) bond motifs is 2. The van der Waals surface area contributed by atoms with E-state index in [4.69, 9.17) is 5.73 Å². The SMILES string of the molecule is CC[C@H](C)[C@H](NC(=O)[C@H](CC1CCCCC1)NC(=O)CCCN)C(=O)N1CCC2(C=Cc3ccccc32)CC1. The van der Waals surface area contributed by atoms with E-state index in [0.717, 1.165) is 32.1 Å². The molecule has 7 nitrogen and oxygen atoms in total. The number of rotatable bonds is 11. The lowest BCUT2D eigenvalue weighted by molar-refractivity contribution is -0.140. The summed E-state index contributed by atoms with van der Waals surface area (Å²) in [4.78, 5) is 42.0. The Balaban J connectivity index is 1.42. The first-order valence-electron chi connectivity index (χ1n) is 15.2. The number of carbonyl (C=O) groups excluding carboxylic acids is 3. The number of piperidine rings is 1. The lowest BCUT2D eigenvalue weighted by Crippen LogP contribution is -2.58. The van der Waals surface area contributed by atoms with Gasteiger partial charge in [-0.1, -0.05) is 88.8 Å². The van der Waals surface area contributed by atoms with E-state index in [1.54, 1.807) is 0 Å². The Morgan fingerprint density at radius 1 is 1.08 bits per heavy atom. The summed E-state index contributed by atoms with van der Waals surface area (Å²) in [5.41, 5.74) is 8.23. The molecule has 1 saturated heterocycles. The van der Waals surface area contributed by atoms with Gasteiger partial charge in [-0.2, -0.15) is 0 Å². The maximum atomic E-state index is 13.9. The van der Waals surface area contributed by atoms with Crippen LogP contribution in [0, 0.1) is 11.8 Å². The Labute approximate surface area is 234 Å². The molecule has 1 aliphatic heterocycles. The molecule has 1 aromatic rings. The highest BCUT2D eigenvalue weighted by Crippen LogP contribution is 2.43. The quantitative estimate of drug-likeness (QED) is 0.392. The number of likely N-dealkylation sites (tertiary alicyclic amines) is 1. The second-order valence-corrected chi connectivity index (χ2v) is 12.0. The molecule has 1 heterocycles. The van der Waals surface area contributed by atoms with Crippen molar-refractivity contribution in [1.82, 2.24) is 15.5 Å². The smallest absolute Gasteiger partial charge is 0.245 e. The molecule has 214 valence electrons. The summed E-state index contributed by atoms with van der Waals surface area (Å²) in [5.74, 6) is 0.0274. The molecule has 3 amide bonds. The molecule has 1 aromatic carbocycles. The van der Waals surface area contributed by atoms with Crippen LogP contribution in [0.2, 0.25) is 0 Å². The molecule has 0 radical (unpaired) electrons. The van der Waals surface area contributed by atoms with E-state index >= 15 is 0 Å². The Morgan fingerprint density at radius 2 is 1.79 bits per heavy atom. The molecule has 39 heavy (non-hydrogen) atoms. The zero-order valence-electron chi connectivity index (χ0n) is 23.9. The van der Waals surface area contributed by atoms with Gasteiger partial charge in [0.15, 0.2) is 0 Å². The number of amides is 3. The molecule has 0 unspecified atom stereocenters. The minimum Gasteiger partial charge on any atom is -0.344 e. The Hall–Kier alpha value is -2.67. The number of nitrogens with two attached hydrogens (primary N) is 1. The second kappa shape index (κ2) is 13.6. The molecule has 1 spiro atoms. The van der Waals surface area contributed by atoms with Crippen LogP contribution in [0.1, 0.15) is 95.6 Å². The largest absolute Gasteiger partial charge is 0.344 e. The summed E-state index contributed by atoms with van der Waals surface area (Å²) in [7, 11) is 0. The average Bonchev–Trinajstić information content (AvgIpc) is 3.32. The summed E-state index contributed by atoms with van der Waals surface area (Å²) in [5, 5.41) is 6.09. The predicted molar refractivity (Wildman–Crippen MR) is 156 cm³/mol. The third-order valence-electron chi connectivity index (χ3n) is 9.38. The maximum Gasteiger partial charge on any atom is 0.245 e. The lowest BCUT2D eigenvalue weighted by atomic mass is 9.74. The molecule has 1 saturated carbocycles. The Kier molecular flexibility index (Phi) is 10.2. The maximum absolute atomic E-state index is 13.9. The van der Waals surface area contributed by atoms with Gasteiger partial charge in [0.2, 0.25) is 17.7 Å². The van der Waals surface area contributed by atoms with Crippen LogP contribution in [0.25, 0.3) is 6.08 Å². The number of carbonyl (C=O) groups is 3. The monoisotopic (exact) mass is 536 g/mol. The number of allylic oxidation sites excluding steroid dienone is 1. The second-order valence-electron chi connectivity index (χ2n) is 12.0. The van der Waals surface area contributed by atoms with Crippen LogP contribution >= 0.6 is 0 Å². The van der Waals surface area contributed by atoms with Gasteiger partial charge in [-0.3, -0.25) is 14.4 Å². The first kappa shape index (κ1) is 29.3. The van der Waals surface area contributed by atoms with Crippen molar-refractivity contribution < 1.29 is 14.4 Å². The van der Waals surface area contributed by atoms with Gasteiger partial charge in [0.05, 0.1) is 0 Å². The van der Waals surface area contributed by atoms with E-state index in [9.17, 15) is 14.4 Å². The van der Waals surface area contributed by atoms with Crippen molar-refractivity contribution >= 4 is 23.8 Å². The number of nitrogens with one attached hydrogen (secondary N) is 2. The van der Waals surface area contributed by atoms with Crippen molar-refractivity contribution in [2.75, 3.05) is 19.6 Å². The number of hydrogen-bond donors (Lipinski definition) is 3. The van der Waals surface area contributed by atoms with Gasteiger partial charge in [0.25, 0.3) is 0 Å². The van der Waals surface area contributed by atoms with Crippen molar-refractivity contribution in [2.24, 2.45) is 17.6 Å². The van der Waals surface area contributed by atoms with Crippen LogP contribution in [-0.4, -0.2) is 54.3 Å². The van der Waals surface area contributed by atoms with Gasteiger partial charge in [-0.15, -0.1) is 0 Å². The fraction of sp³-hybridized carbons (Fsp3) is 0.656. The highest BCUT2D eigenvalue weighted by atomic mass is 16.2. The summed E-state index contributed by atoms with van der Waals surface area (Å²) in [6.07, 6.45) is 14.4. The molecule has 3 atom stereocenters. The molecule has 2 aliphatic carbocycles. The van der Waals surface area contributed by atoms with E-state index in [1.807, 2.05) is 11.8 Å². The zero-order valence-corrected chi connectivity index (χ0v) is 23.9. The number of benzene rings is 1. The highest BCUT2D eigenvalue weighted by molar-refractivity contribution is 5.92. The van der Waals surface area contributed by atoms with Gasteiger partial charge < -0.3 is 21.3 Å². The topological polar surface area (TPSA) is 105 Å². The first-order chi connectivity index (χ1) is 18.9. The van der Waals surface area contributed by atoms with Crippen LogP contribution in [-0.2, 0) is 19.8 Å². The van der Waals surface area contributed by atoms with Crippen LogP contribution in [0.4, 0.5) is 0 Å². The van der Waals surface area contributed by atoms with E-state index in [0.29, 0.717) is 44.8 Å². The standard InChI is InChI=1S/C32H48N4O3/c1-3-23(2)29(31(39)36-20-17-32(18-21-36)16-15-25-12-7-8-13-26(25)32)35-30(38)27(34-28(37)14-9-19-33)22-24-10-5-4-6-11-24/h7-8,12-13,15-16,23-24,27,29H,3-6,9-11,14,17-22,33H2,1-2H3,(H,34,37)(H,35,38)/t23-,27-,29-/m0/s1. The minimum atomic E-state index is -0.623. The normalized spacial score (nSPS) is 20.7. The van der Waals surface area contributed by atoms with Crippen molar-refractivity contribution in [3.05, 3.63) is 41.5 Å². The summed E-state index contributed by atoms with van der Waals surface area (Å²) < 4.78 is 0. The average molecular weight is 537 g/mol. The summed E-state index contributed by atoms with van der Waals surface area (Å²) in [6, 6.07) is 7.31. The van der Waals surface area contributed by atoms with Gasteiger partial charge in [-0.25, -0.2) is 0 Å². The lowest BCUT2D eigenvalue weighted by Gasteiger charge is -2.41. The van der Waals surface area contributed by atoms with E-state index in [2.05, 4.69) is 54.0 Å². The molecule has 2 fully saturated rings. The van der Waals surface area contributed by atoms with Gasteiger partial charge >= 0.3 is 0 Å². The zero-order chi connectivity index (χ0) is 27.8. The van der Waals surface area contributed by atoms with Gasteiger partial charge in [0.1, 0.15) is 12.1 Å². The predicted octanol–water partition coefficient (Wildman–Crippen LogP) is 4.30. The Morgan fingerprint density at radius 3 is 2.49 bits per heavy atom. The molecular formula is C32H48N4O3. The molecule has 4 rings (SSSR count). The van der Waals surface area contributed by atoms with Crippen molar-refractivity contribution in [2.45, 2.75) is 102 Å². The molecular weight excluding hydrogens is 488 g/mol. The first-order valence-corrected chi connectivity index (χ1v) is 15.2. The molecule has 3 aliphatic rings. The molecule has 0 bridgehead atoms. The van der Waals surface area contributed by atoms with E-state index in [1.165, 1.54) is 30.4 Å². The third kappa shape index (κ3) is 7.10. The van der Waals surface area contributed by atoms with Crippen LogP contribution in [0.5, 0.6) is 0 Å². The van der Waals surface area contributed by atoms with Gasteiger partial charge in [-0.05, 0) is 55.2 Å². The minimum absolute atomic E-state index is 0.00138. The fourth-order valence-electron chi connectivity index (χ4n) is 6.65. The van der Waals surface area contributed by atoms with Crippen molar-refractivity contribution in [1.29, 1.82) is 0 Å². The number of hydrogen-bond acceptors (Lipinski definition) is 4. The molecule has 7 heteroatoms. The van der Waals surface area contributed by atoms with Crippen LogP contribution in [0.3, 0.4) is 0 Å². The van der Waals surface area contributed by atoms with Crippen LogP contribution in [0.15, 0.2) is 30.3 Å². The third-order valence-corrected chi connectivity index (χ3v) is 9.38. The van der Waals surface area contributed by atoms with Gasteiger partial charge in [0, 0.05) is 24.9 Å². The number of nitrogens with zero attached hydrogens (tertiary/aromatic N) is 1. The van der Waals surface area contributed by atoms with Crippen molar-refractivity contribution in [3.63, 3.8) is 0 Å². The summed E-state index contributed by atoms with van der Waals surface area (Å²) in [6.45, 7) is 5.86. The fourth-order valence-corrected chi connectivity index (χ4v) is 6.65.